The highest BCUT2D eigenvalue weighted by atomic mass is 32.2. The first-order valence-corrected chi connectivity index (χ1v) is 7.94. The molecule has 8 nitrogen and oxygen atoms in total. The largest absolute Gasteiger partial charge is 0.484 e. The van der Waals surface area contributed by atoms with E-state index < -0.39 is 4.92 Å². The predicted octanol–water partition coefficient (Wildman–Crippen LogP) is 3.72. The van der Waals surface area contributed by atoms with Crippen LogP contribution in [0.1, 0.15) is 11.5 Å². The van der Waals surface area contributed by atoms with Crippen LogP contribution in [0.5, 0.6) is 5.75 Å². The quantitative estimate of drug-likeness (QED) is 0.475. The first-order chi connectivity index (χ1) is 12.5. The number of aromatic nitrogens is 2. The second-order valence-electron chi connectivity index (χ2n) is 4.86. The van der Waals surface area contributed by atoms with Crippen molar-refractivity contribution in [3.63, 3.8) is 0 Å². The molecule has 0 aliphatic carbocycles. The summed E-state index contributed by atoms with van der Waals surface area (Å²) >= 11 is 0.878. The molecule has 0 bridgehead atoms. The molecule has 0 aliphatic rings. The number of hydrogen-bond donors (Lipinski definition) is 0. The maximum atomic E-state index is 12.8. The van der Waals surface area contributed by atoms with Crippen LogP contribution in [-0.2, 0) is 6.61 Å². The third-order valence-corrected chi connectivity index (χ3v) is 3.99. The third-order valence-electron chi connectivity index (χ3n) is 3.11. The van der Waals surface area contributed by atoms with Crippen LogP contribution in [0.25, 0.3) is 0 Å². The molecule has 0 saturated heterocycles. The number of rotatable bonds is 6. The molecule has 26 heavy (non-hydrogen) atoms. The zero-order chi connectivity index (χ0) is 18.5. The van der Waals surface area contributed by atoms with E-state index in [1.165, 1.54) is 42.5 Å². The Morgan fingerprint density at radius 3 is 2.73 bits per heavy atom. The molecule has 1 heterocycles. The van der Waals surface area contributed by atoms with E-state index in [9.17, 15) is 14.5 Å². The summed E-state index contributed by atoms with van der Waals surface area (Å²) in [5.41, 5.74) is 0.105. The average molecular weight is 372 g/mol. The lowest BCUT2D eigenvalue weighted by Gasteiger charge is -2.02. The van der Waals surface area contributed by atoms with E-state index in [-0.39, 0.29) is 39.7 Å². The Morgan fingerprint density at radius 1 is 1.27 bits per heavy atom. The van der Waals surface area contributed by atoms with Gasteiger partial charge in [0.2, 0.25) is 0 Å². The Kier molecular flexibility index (Phi) is 5.09. The van der Waals surface area contributed by atoms with E-state index in [1.807, 2.05) is 6.07 Å². The van der Waals surface area contributed by atoms with Crippen molar-refractivity contribution in [1.29, 1.82) is 5.26 Å². The summed E-state index contributed by atoms with van der Waals surface area (Å²) in [6.45, 7) is -0.0421. The molecule has 0 aliphatic heterocycles. The molecule has 0 spiro atoms. The molecule has 10 heteroatoms. The Bertz CT molecular complexity index is 985. The summed E-state index contributed by atoms with van der Waals surface area (Å²) in [6.07, 6.45) is 0. The topological polar surface area (TPSA) is 115 Å². The molecule has 0 radical (unpaired) electrons. The molecule has 1 aromatic heterocycles. The minimum Gasteiger partial charge on any atom is -0.484 e. The monoisotopic (exact) mass is 372 g/mol. The lowest BCUT2D eigenvalue weighted by molar-refractivity contribution is -0.387. The van der Waals surface area contributed by atoms with Crippen molar-refractivity contribution in [2.45, 2.75) is 16.7 Å². The van der Waals surface area contributed by atoms with E-state index in [0.29, 0.717) is 5.75 Å². The zero-order valence-electron chi connectivity index (χ0n) is 13.0. The Balaban J connectivity index is 1.71. The number of hydrogen-bond acceptors (Lipinski definition) is 8. The van der Waals surface area contributed by atoms with E-state index >= 15 is 0 Å². The number of nitro benzene ring substituents is 1. The minimum atomic E-state index is -0.557. The van der Waals surface area contributed by atoms with Crippen LogP contribution >= 0.6 is 11.8 Å². The van der Waals surface area contributed by atoms with Gasteiger partial charge in [-0.2, -0.15) is 5.26 Å². The molecule has 130 valence electrons. The molecule has 0 saturated carbocycles. The van der Waals surface area contributed by atoms with Gasteiger partial charge in [0.05, 0.1) is 21.5 Å². The van der Waals surface area contributed by atoms with Gasteiger partial charge in [-0.05, 0) is 48.2 Å². The van der Waals surface area contributed by atoms with Crippen LogP contribution in [0.3, 0.4) is 0 Å². The van der Waals surface area contributed by atoms with Crippen molar-refractivity contribution in [3.05, 3.63) is 69.9 Å². The number of ether oxygens (including phenoxy) is 1. The van der Waals surface area contributed by atoms with Crippen molar-refractivity contribution in [2.75, 3.05) is 0 Å². The predicted molar refractivity (Wildman–Crippen MR) is 87.0 cm³/mol. The molecular weight excluding hydrogens is 363 g/mol. The molecule has 3 aromatic rings. The van der Waals surface area contributed by atoms with Crippen molar-refractivity contribution in [3.8, 4) is 11.8 Å². The SMILES string of the molecule is N#Cc1ccc([N+](=O)[O-])c(Sc2nnc(COc3ccc(F)cc3)o2)c1. The fourth-order valence-corrected chi connectivity index (χ4v) is 2.76. The van der Waals surface area contributed by atoms with Crippen LogP contribution in [-0.4, -0.2) is 15.1 Å². The van der Waals surface area contributed by atoms with E-state index in [1.54, 1.807) is 0 Å². The first-order valence-electron chi connectivity index (χ1n) is 7.12. The number of halogens is 1. The molecule has 2 aromatic carbocycles. The van der Waals surface area contributed by atoms with Crippen LogP contribution < -0.4 is 4.74 Å². The standard InChI is InChI=1S/C16H9FN4O4S/c17-11-2-4-12(5-3-11)24-9-15-19-20-16(25-15)26-14-7-10(8-18)1-6-13(14)21(22)23/h1-7H,9H2. The Labute approximate surface area is 150 Å². The number of nitrogens with zero attached hydrogens (tertiary/aromatic N) is 4. The maximum Gasteiger partial charge on any atom is 0.283 e. The third kappa shape index (κ3) is 4.14. The summed E-state index contributed by atoms with van der Waals surface area (Å²) < 4.78 is 23.6. The smallest absolute Gasteiger partial charge is 0.283 e. The fourth-order valence-electron chi connectivity index (χ4n) is 1.92. The molecule has 0 unspecified atom stereocenters. The maximum absolute atomic E-state index is 12.8. The normalized spacial score (nSPS) is 10.3. The molecule has 0 fully saturated rings. The van der Waals surface area contributed by atoms with Crippen molar-refractivity contribution in [2.24, 2.45) is 0 Å². The van der Waals surface area contributed by atoms with Crippen LogP contribution in [0.4, 0.5) is 10.1 Å². The van der Waals surface area contributed by atoms with Gasteiger partial charge in [-0.25, -0.2) is 4.39 Å². The molecule has 0 amide bonds. The summed E-state index contributed by atoms with van der Waals surface area (Å²) in [6, 6.07) is 11.3. The van der Waals surface area contributed by atoms with E-state index in [4.69, 9.17) is 14.4 Å². The van der Waals surface area contributed by atoms with Gasteiger partial charge in [0.15, 0.2) is 6.61 Å². The lowest BCUT2D eigenvalue weighted by atomic mass is 10.2. The summed E-state index contributed by atoms with van der Waals surface area (Å²) in [7, 11) is 0. The summed E-state index contributed by atoms with van der Waals surface area (Å²) in [5, 5.41) is 27.7. The van der Waals surface area contributed by atoms with Gasteiger partial charge in [-0.1, -0.05) is 0 Å². The van der Waals surface area contributed by atoms with E-state index in [2.05, 4.69) is 10.2 Å². The Hall–Kier alpha value is -3.45. The summed E-state index contributed by atoms with van der Waals surface area (Å²) in [5.74, 6) is 0.196. The molecule has 0 N–H and O–H groups in total. The Morgan fingerprint density at radius 2 is 2.04 bits per heavy atom. The average Bonchev–Trinajstić information content (AvgIpc) is 3.08. The first kappa shape index (κ1) is 17.4. The van der Waals surface area contributed by atoms with Gasteiger partial charge >= 0.3 is 0 Å². The van der Waals surface area contributed by atoms with Gasteiger partial charge in [-0.15, -0.1) is 10.2 Å². The minimum absolute atomic E-state index is 0.0421. The van der Waals surface area contributed by atoms with Gasteiger partial charge in [0.1, 0.15) is 11.6 Å². The highest BCUT2D eigenvalue weighted by molar-refractivity contribution is 7.99. The fraction of sp³-hybridized carbons (Fsp3) is 0.0625. The number of nitriles is 1. The van der Waals surface area contributed by atoms with Gasteiger partial charge < -0.3 is 9.15 Å². The van der Waals surface area contributed by atoms with Crippen LogP contribution in [0.2, 0.25) is 0 Å². The van der Waals surface area contributed by atoms with Crippen molar-refractivity contribution in [1.82, 2.24) is 10.2 Å². The van der Waals surface area contributed by atoms with Crippen LogP contribution in [0.15, 0.2) is 57.0 Å². The van der Waals surface area contributed by atoms with Crippen molar-refractivity contribution >= 4 is 17.4 Å². The van der Waals surface area contributed by atoms with Gasteiger partial charge in [0.25, 0.3) is 16.8 Å². The second kappa shape index (κ2) is 7.62. The molecular formula is C16H9FN4O4S. The highest BCUT2D eigenvalue weighted by Gasteiger charge is 2.18. The second-order valence-corrected chi connectivity index (χ2v) is 5.85. The molecule has 0 atom stereocenters. The highest BCUT2D eigenvalue weighted by Crippen LogP contribution is 2.34. The van der Waals surface area contributed by atoms with Gasteiger partial charge in [0, 0.05) is 6.07 Å². The van der Waals surface area contributed by atoms with E-state index in [0.717, 1.165) is 11.8 Å². The lowest BCUT2D eigenvalue weighted by Crippen LogP contribution is -1.95. The number of nitro groups is 1. The summed E-state index contributed by atoms with van der Waals surface area (Å²) in [4.78, 5) is 10.8. The van der Waals surface area contributed by atoms with Crippen molar-refractivity contribution < 1.29 is 18.5 Å². The molecule has 3 rings (SSSR count). The van der Waals surface area contributed by atoms with Crippen LogP contribution in [0, 0.1) is 27.3 Å². The zero-order valence-corrected chi connectivity index (χ0v) is 13.8. The van der Waals surface area contributed by atoms with Gasteiger partial charge in [-0.3, -0.25) is 10.1 Å². The number of benzene rings is 2.